The van der Waals surface area contributed by atoms with Crippen LogP contribution in [-0.4, -0.2) is 5.91 Å². The summed E-state index contributed by atoms with van der Waals surface area (Å²) in [5.41, 5.74) is 1.88. The van der Waals surface area contributed by atoms with E-state index >= 15 is 0 Å². The van der Waals surface area contributed by atoms with E-state index in [9.17, 15) is 4.79 Å². The summed E-state index contributed by atoms with van der Waals surface area (Å²) in [6, 6.07) is 12.8. The Labute approximate surface area is 135 Å². The molecule has 1 amide bonds. The highest BCUT2D eigenvalue weighted by molar-refractivity contribution is 6.33. The standard InChI is InChI=1S/C17H17Cl2NO/c1-11-4-9-15(14(19)10-11)20-16(21)17(2,3)12-5-7-13(18)8-6-12/h4-10H,1-3H3,(H,20,21). The summed E-state index contributed by atoms with van der Waals surface area (Å²) in [7, 11) is 0. The second-order valence-corrected chi connectivity index (χ2v) is 6.41. The fraction of sp³-hybridized carbons (Fsp3) is 0.235. The third-order valence-electron chi connectivity index (χ3n) is 3.51. The first kappa shape index (κ1) is 15.9. The van der Waals surface area contributed by atoms with Gasteiger partial charge in [-0.2, -0.15) is 0 Å². The molecule has 0 fully saturated rings. The average Bonchev–Trinajstić information content (AvgIpc) is 2.42. The molecule has 21 heavy (non-hydrogen) atoms. The summed E-state index contributed by atoms with van der Waals surface area (Å²) in [6.45, 7) is 5.69. The van der Waals surface area contributed by atoms with Gasteiger partial charge in [0.05, 0.1) is 16.1 Å². The lowest BCUT2D eigenvalue weighted by Crippen LogP contribution is -2.34. The SMILES string of the molecule is Cc1ccc(NC(=O)C(C)(C)c2ccc(Cl)cc2)c(Cl)c1. The van der Waals surface area contributed by atoms with Gasteiger partial charge >= 0.3 is 0 Å². The lowest BCUT2D eigenvalue weighted by Gasteiger charge is -2.24. The summed E-state index contributed by atoms with van der Waals surface area (Å²) < 4.78 is 0. The maximum atomic E-state index is 12.6. The number of aryl methyl sites for hydroxylation is 1. The summed E-state index contributed by atoms with van der Waals surface area (Å²) in [6.07, 6.45) is 0. The van der Waals surface area contributed by atoms with Gasteiger partial charge in [-0.05, 0) is 56.2 Å². The first-order chi connectivity index (χ1) is 9.80. The third-order valence-corrected chi connectivity index (χ3v) is 4.07. The van der Waals surface area contributed by atoms with Crippen molar-refractivity contribution in [2.75, 3.05) is 5.32 Å². The van der Waals surface area contributed by atoms with Gasteiger partial charge in [0.2, 0.25) is 5.91 Å². The molecule has 4 heteroatoms. The molecule has 0 heterocycles. The predicted molar refractivity (Wildman–Crippen MR) is 89.3 cm³/mol. The van der Waals surface area contributed by atoms with Crippen LogP contribution in [0.1, 0.15) is 25.0 Å². The number of anilines is 1. The van der Waals surface area contributed by atoms with Gasteiger partial charge in [-0.1, -0.05) is 41.4 Å². The van der Waals surface area contributed by atoms with E-state index in [1.54, 1.807) is 12.1 Å². The number of amides is 1. The first-order valence-electron chi connectivity index (χ1n) is 6.64. The topological polar surface area (TPSA) is 29.1 Å². The van der Waals surface area contributed by atoms with Crippen LogP contribution >= 0.6 is 23.2 Å². The zero-order chi connectivity index (χ0) is 15.6. The van der Waals surface area contributed by atoms with Gasteiger partial charge in [-0.3, -0.25) is 4.79 Å². The Hall–Kier alpha value is -1.51. The smallest absolute Gasteiger partial charge is 0.234 e. The van der Waals surface area contributed by atoms with Gasteiger partial charge in [0, 0.05) is 5.02 Å². The monoisotopic (exact) mass is 321 g/mol. The molecular formula is C17H17Cl2NO. The van der Waals surface area contributed by atoms with E-state index in [0.29, 0.717) is 15.7 Å². The molecule has 0 saturated heterocycles. The molecule has 0 aromatic heterocycles. The maximum absolute atomic E-state index is 12.6. The predicted octanol–water partition coefficient (Wildman–Crippen LogP) is 5.22. The molecule has 1 N–H and O–H groups in total. The molecule has 0 atom stereocenters. The van der Waals surface area contributed by atoms with Crippen molar-refractivity contribution in [3.63, 3.8) is 0 Å². The quantitative estimate of drug-likeness (QED) is 0.825. The summed E-state index contributed by atoms with van der Waals surface area (Å²) in [5.74, 6) is -0.115. The van der Waals surface area contributed by atoms with Crippen LogP contribution in [0.5, 0.6) is 0 Å². The van der Waals surface area contributed by atoms with Crippen LogP contribution in [0.2, 0.25) is 10.0 Å². The van der Waals surface area contributed by atoms with Crippen LogP contribution in [0.25, 0.3) is 0 Å². The second kappa shape index (κ2) is 6.08. The van der Waals surface area contributed by atoms with Gasteiger partial charge in [0.15, 0.2) is 0 Å². The molecule has 2 aromatic rings. The number of halogens is 2. The number of benzene rings is 2. The zero-order valence-corrected chi connectivity index (χ0v) is 13.7. The Balaban J connectivity index is 2.24. The molecule has 0 radical (unpaired) electrons. The molecule has 0 saturated carbocycles. The highest BCUT2D eigenvalue weighted by atomic mass is 35.5. The fourth-order valence-corrected chi connectivity index (χ4v) is 2.41. The minimum atomic E-state index is -0.682. The van der Waals surface area contributed by atoms with Crippen molar-refractivity contribution >= 4 is 34.8 Å². The summed E-state index contributed by atoms with van der Waals surface area (Å²) >= 11 is 12.0. The van der Waals surface area contributed by atoms with Crippen LogP contribution < -0.4 is 5.32 Å². The number of carbonyl (C=O) groups excluding carboxylic acids is 1. The Morgan fingerprint density at radius 2 is 1.67 bits per heavy atom. The Morgan fingerprint density at radius 1 is 1.05 bits per heavy atom. The molecular weight excluding hydrogens is 305 g/mol. The van der Waals surface area contributed by atoms with Gasteiger partial charge in [-0.15, -0.1) is 0 Å². The fourth-order valence-electron chi connectivity index (χ4n) is 2.00. The van der Waals surface area contributed by atoms with E-state index in [0.717, 1.165) is 11.1 Å². The second-order valence-electron chi connectivity index (χ2n) is 5.57. The van der Waals surface area contributed by atoms with Crippen LogP contribution in [0.4, 0.5) is 5.69 Å². The molecule has 0 aliphatic carbocycles. The normalized spacial score (nSPS) is 11.3. The van der Waals surface area contributed by atoms with E-state index in [1.807, 2.05) is 51.1 Å². The van der Waals surface area contributed by atoms with Crippen molar-refractivity contribution in [1.29, 1.82) is 0 Å². The van der Waals surface area contributed by atoms with Gasteiger partial charge < -0.3 is 5.32 Å². The number of hydrogen-bond donors (Lipinski definition) is 1. The molecule has 0 spiro atoms. The van der Waals surface area contributed by atoms with Crippen LogP contribution in [0.15, 0.2) is 42.5 Å². The third kappa shape index (κ3) is 3.58. The van der Waals surface area contributed by atoms with E-state index in [2.05, 4.69) is 5.32 Å². The molecule has 0 aliphatic heterocycles. The van der Waals surface area contributed by atoms with E-state index in [-0.39, 0.29) is 5.91 Å². The van der Waals surface area contributed by atoms with Crippen molar-refractivity contribution in [1.82, 2.24) is 0 Å². The lowest BCUT2D eigenvalue weighted by molar-refractivity contribution is -0.120. The van der Waals surface area contributed by atoms with Gasteiger partial charge in [0.1, 0.15) is 0 Å². The number of carbonyl (C=O) groups is 1. The Bertz CT molecular complexity index is 663. The van der Waals surface area contributed by atoms with Crippen molar-refractivity contribution in [2.45, 2.75) is 26.2 Å². The van der Waals surface area contributed by atoms with E-state index in [4.69, 9.17) is 23.2 Å². The molecule has 2 nitrogen and oxygen atoms in total. The van der Waals surface area contributed by atoms with Crippen LogP contribution in [0, 0.1) is 6.92 Å². The molecule has 0 unspecified atom stereocenters. The molecule has 2 rings (SSSR count). The highest BCUT2D eigenvalue weighted by Gasteiger charge is 2.30. The van der Waals surface area contributed by atoms with Crippen molar-refractivity contribution in [3.05, 3.63) is 63.6 Å². The van der Waals surface area contributed by atoms with E-state index in [1.165, 1.54) is 0 Å². The van der Waals surface area contributed by atoms with Gasteiger partial charge in [-0.25, -0.2) is 0 Å². The highest BCUT2D eigenvalue weighted by Crippen LogP contribution is 2.29. The van der Waals surface area contributed by atoms with Crippen molar-refractivity contribution in [3.8, 4) is 0 Å². The Morgan fingerprint density at radius 3 is 2.24 bits per heavy atom. The van der Waals surface area contributed by atoms with Crippen LogP contribution in [-0.2, 0) is 10.2 Å². The van der Waals surface area contributed by atoms with Crippen LogP contribution in [0.3, 0.4) is 0 Å². The first-order valence-corrected chi connectivity index (χ1v) is 7.40. The minimum Gasteiger partial charge on any atom is -0.324 e. The lowest BCUT2D eigenvalue weighted by atomic mass is 9.83. The molecule has 0 aliphatic rings. The average molecular weight is 322 g/mol. The Kier molecular flexibility index (Phi) is 4.60. The zero-order valence-electron chi connectivity index (χ0n) is 12.2. The number of hydrogen-bond acceptors (Lipinski definition) is 1. The minimum absolute atomic E-state index is 0.115. The maximum Gasteiger partial charge on any atom is 0.234 e. The molecule has 110 valence electrons. The molecule has 2 aromatic carbocycles. The molecule has 0 bridgehead atoms. The largest absolute Gasteiger partial charge is 0.324 e. The summed E-state index contributed by atoms with van der Waals surface area (Å²) in [4.78, 5) is 12.6. The number of rotatable bonds is 3. The summed E-state index contributed by atoms with van der Waals surface area (Å²) in [5, 5.41) is 4.07. The van der Waals surface area contributed by atoms with Gasteiger partial charge in [0.25, 0.3) is 0 Å². The van der Waals surface area contributed by atoms with E-state index < -0.39 is 5.41 Å². The van der Waals surface area contributed by atoms with Crippen molar-refractivity contribution < 1.29 is 4.79 Å². The number of nitrogens with one attached hydrogen (secondary N) is 1. The van der Waals surface area contributed by atoms with Crippen molar-refractivity contribution in [2.24, 2.45) is 0 Å².